The Morgan fingerprint density at radius 1 is 1.33 bits per heavy atom. The first kappa shape index (κ1) is 15.1. The second-order valence-corrected chi connectivity index (χ2v) is 4.85. The van der Waals surface area contributed by atoms with Gasteiger partial charge in [-0.05, 0) is 17.7 Å². The summed E-state index contributed by atoms with van der Waals surface area (Å²) in [5.41, 5.74) is 5.73. The summed E-state index contributed by atoms with van der Waals surface area (Å²) in [5.74, 6) is 0.0995. The van der Waals surface area contributed by atoms with Gasteiger partial charge in [-0.25, -0.2) is 0 Å². The first-order valence-electron chi connectivity index (χ1n) is 5.79. The summed E-state index contributed by atoms with van der Waals surface area (Å²) in [6.07, 6.45) is 0.382. The van der Waals surface area contributed by atoms with E-state index >= 15 is 0 Å². The summed E-state index contributed by atoms with van der Waals surface area (Å²) >= 11 is 11.7. The van der Waals surface area contributed by atoms with Crippen LogP contribution in [0.2, 0.25) is 10.0 Å². The van der Waals surface area contributed by atoms with Gasteiger partial charge in [0.25, 0.3) is 5.56 Å². The number of nitrogens with one attached hydrogen (secondary N) is 3. The highest BCUT2D eigenvalue weighted by Gasteiger charge is 2.10. The van der Waals surface area contributed by atoms with Crippen molar-refractivity contribution in [1.29, 1.82) is 0 Å². The average molecular weight is 328 g/mol. The normalized spacial score (nSPS) is 10.2. The number of hydrogen-bond donors (Lipinski definition) is 4. The van der Waals surface area contributed by atoms with E-state index in [9.17, 15) is 9.59 Å². The number of aromatic amines is 1. The van der Waals surface area contributed by atoms with Crippen molar-refractivity contribution in [2.75, 3.05) is 16.4 Å². The molecule has 0 aliphatic heterocycles. The highest BCUT2D eigenvalue weighted by molar-refractivity contribution is 6.42. The number of H-pyrrole nitrogens is 1. The van der Waals surface area contributed by atoms with Crippen LogP contribution in [0.25, 0.3) is 0 Å². The van der Waals surface area contributed by atoms with Crippen LogP contribution in [-0.2, 0) is 11.3 Å². The molecule has 21 heavy (non-hydrogen) atoms. The molecule has 0 atom stereocenters. The Labute approximate surface area is 129 Å². The molecule has 0 fully saturated rings. The van der Waals surface area contributed by atoms with Gasteiger partial charge in [-0.15, -0.1) is 0 Å². The van der Waals surface area contributed by atoms with Crippen LogP contribution in [0.3, 0.4) is 0 Å². The minimum absolute atomic E-state index is 0.0146. The third kappa shape index (κ3) is 3.65. The molecule has 0 saturated carbocycles. The molecule has 1 heterocycles. The minimum Gasteiger partial charge on any atom is -0.369 e. The summed E-state index contributed by atoms with van der Waals surface area (Å²) < 4.78 is 0. The van der Waals surface area contributed by atoms with Gasteiger partial charge in [0.05, 0.1) is 10.0 Å². The standard InChI is InChI=1S/C12H11Cl2N5O2/c13-7-2-1-6(3-8(7)14)4-16-10-9(17-5-20)11(21)19-12(15)18-10/h1-3,5H,4H2,(H,17,20)(H4,15,16,18,19,21). The minimum atomic E-state index is -0.550. The Morgan fingerprint density at radius 2 is 2.10 bits per heavy atom. The van der Waals surface area contributed by atoms with Gasteiger partial charge in [0.2, 0.25) is 12.4 Å². The fraction of sp³-hybridized carbons (Fsp3) is 0.0833. The predicted molar refractivity (Wildman–Crippen MR) is 82.7 cm³/mol. The van der Waals surface area contributed by atoms with Crippen molar-refractivity contribution in [3.8, 4) is 0 Å². The van der Waals surface area contributed by atoms with Crippen molar-refractivity contribution in [3.63, 3.8) is 0 Å². The molecule has 2 aromatic rings. The molecule has 0 aliphatic rings. The molecular weight excluding hydrogens is 317 g/mol. The van der Waals surface area contributed by atoms with E-state index in [1.54, 1.807) is 18.2 Å². The molecule has 1 aromatic carbocycles. The van der Waals surface area contributed by atoms with Crippen molar-refractivity contribution in [2.24, 2.45) is 0 Å². The van der Waals surface area contributed by atoms with E-state index in [1.165, 1.54) is 0 Å². The summed E-state index contributed by atoms with van der Waals surface area (Å²) in [6, 6.07) is 5.11. The van der Waals surface area contributed by atoms with E-state index in [0.29, 0.717) is 23.0 Å². The number of halogens is 2. The molecule has 0 spiro atoms. The molecule has 0 bridgehead atoms. The molecule has 110 valence electrons. The number of benzene rings is 1. The van der Waals surface area contributed by atoms with E-state index in [-0.39, 0.29) is 17.5 Å². The summed E-state index contributed by atoms with van der Waals surface area (Å²) in [7, 11) is 0. The van der Waals surface area contributed by atoms with Crippen LogP contribution in [0.1, 0.15) is 5.56 Å². The lowest BCUT2D eigenvalue weighted by molar-refractivity contribution is -0.105. The van der Waals surface area contributed by atoms with Gasteiger partial charge in [0.15, 0.2) is 5.82 Å². The predicted octanol–water partition coefficient (Wildman–Crippen LogP) is 1.84. The molecule has 1 amide bonds. The maximum Gasteiger partial charge on any atom is 0.278 e. The molecule has 5 N–H and O–H groups in total. The van der Waals surface area contributed by atoms with Crippen LogP contribution in [-0.4, -0.2) is 16.4 Å². The zero-order valence-corrected chi connectivity index (χ0v) is 12.1. The molecule has 0 unspecified atom stereocenters. The fourth-order valence-corrected chi connectivity index (χ4v) is 1.97. The molecule has 0 radical (unpaired) electrons. The smallest absolute Gasteiger partial charge is 0.278 e. The number of nitrogens with zero attached hydrogens (tertiary/aromatic N) is 1. The highest BCUT2D eigenvalue weighted by Crippen LogP contribution is 2.23. The third-order valence-corrected chi connectivity index (χ3v) is 3.32. The van der Waals surface area contributed by atoms with Crippen molar-refractivity contribution < 1.29 is 4.79 Å². The maximum atomic E-state index is 11.7. The summed E-state index contributed by atoms with van der Waals surface area (Å²) in [4.78, 5) is 28.5. The van der Waals surface area contributed by atoms with Gasteiger partial charge in [-0.3, -0.25) is 14.6 Å². The number of rotatable bonds is 5. The van der Waals surface area contributed by atoms with Gasteiger partial charge in [-0.1, -0.05) is 29.3 Å². The number of nitrogens with two attached hydrogens (primary N) is 1. The van der Waals surface area contributed by atoms with Crippen LogP contribution < -0.4 is 21.9 Å². The van der Waals surface area contributed by atoms with E-state index in [1.807, 2.05) is 0 Å². The number of aromatic nitrogens is 2. The molecule has 0 aliphatic carbocycles. The van der Waals surface area contributed by atoms with Crippen LogP contribution in [0.4, 0.5) is 17.5 Å². The van der Waals surface area contributed by atoms with Crippen molar-refractivity contribution >= 4 is 47.1 Å². The molecule has 2 rings (SSSR count). The first-order valence-corrected chi connectivity index (χ1v) is 6.54. The van der Waals surface area contributed by atoms with Crippen LogP contribution in [0.15, 0.2) is 23.0 Å². The summed E-state index contributed by atoms with van der Waals surface area (Å²) in [6.45, 7) is 0.320. The van der Waals surface area contributed by atoms with Crippen LogP contribution in [0.5, 0.6) is 0 Å². The molecule has 7 nitrogen and oxygen atoms in total. The van der Waals surface area contributed by atoms with Gasteiger partial charge in [0, 0.05) is 6.54 Å². The highest BCUT2D eigenvalue weighted by atomic mass is 35.5. The van der Waals surface area contributed by atoms with Crippen molar-refractivity contribution in [3.05, 3.63) is 44.2 Å². The van der Waals surface area contributed by atoms with Crippen molar-refractivity contribution in [1.82, 2.24) is 9.97 Å². The van der Waals surface area contributed by atoms with Gasteiger partial charge in [0.1, 0.15) is 5.69 Å². The number of nitrogen functional groups attached to an aromatic ring is 1. The summed E-state index contributed by atoms with van der Waals surface area (Å²) in [5, 5.41) is 6.05. The quantitative estimate of drug-likeness (QED) is 0.626. The Hall–Kier alpha value is -2.25. The fourth-order valence-electron chi connectivity index (χ4n) is 1.65. The van der Waals surface area contributed by atoms with Gasteiger partial charge in [-0.2, -0.15) is 4.98 Å². The van der Waals surface area contributed by atoms with Gasteiger partial charge < -0.3 is 16.4 Å². The number of hydrogen-bond acceptors (Lipinski definition) is 5. The molecular formula is C12H11Cl2N5O2. The average Bonchev–Trinajstić information content (AvgIpc) is 2.43. The van der Waals surface area contributed by atoms with E-state index in [0.717, 1.165) is 5.56 Å². The Kier molecular flexibility index (Phi) is 4.66. The SMILES string of the molecule is Nc1nc(NCc2ccc(Cl)c(Cl)c2)c(NC=O)c(=O)[nH]1. The Morgan fingerprint density at radius 3 is 2.76 bits per heavy atom. The number of anilines is 3. The first-order chi connectivity index (χ1) is 10.0. The van der Waals surface area contributed by atoms with Crippen LogP contribution in [0, 0.1) is 0 Å². The van der Waals surface area contributed by atoms with E-state index < -0.39 is 5.56 Å². The largest absolute Gasteiger partial charge is 0.369 e. The Balaban J connectivity index is 2.24. The van der Waals surface area contributed by atoms with Crippen LogP contribution >= 0.6 is 23.2 Å². The molecule has 9 heteroatoms. The maximum absolute atomic E-state index is 11.7. The number of carbonyl (C=O) groups excluding carboxylic acids is 1. The van der Waals surface area contributed by atoms with Crippen molar-refractivity contribution in [2.45, 2.75) is 6.54 Å². The zero-order valence-electron chi connectivity index (χ0n) is 10.6. The third-order valence-electron chi connectivity index (χ3n) is 2.58. The monoisotopic (exact) mass is 327 g/mol. The topological polar surface area (TPSA) is 113 Å². The molecule has 1 aromatic heterocycles. The van der Waals surface area contributed by atoms with Gasteiger partial charge >= 0.3 is 0 Å². The van der Waals surface area contributed by atoms with E-state index in [2.05, 4.69) is 20.6 Å². The lowest BCUT2D eigenvalue weighted by Gasteiger charge is -2.10. The number of carbonyl (C=O) groups is 1. The second kappa shape index (κ2) is 6.47. The lowest BCUT2D eigenvalue weighted by Crippen LogP contribution is -2.19. The van der Waals surface area contributed by atoms with E-state index in [4.69, 9.17) is 28.9 Å². The zero-order chi connectivity index (χ0) is 15.4. The second-order valence-electron chi connectivity index (χ2n) is 4.04. The number of amides is 1. The molecule has 0 saturated heterocycles. The lowest BCUT2D eigenvalue weighted by atomic mass is 10.2. The Bertz CT molecular complexity index is 732.